The molecule has 0 unspecified atom stereocenters. The summed E-state index contributed by atoms with van der Waals surface area (Å²) in [6.45, 7) is 0.872. The maximum absolute atomic E-state index is 10.6. The summed E-state index contributed by atoms with van der Waals surface area (Å²) in [4.78, 5) is 14.1. The zero-order chi connectivity index (χ0) is 14.4. The summed E-state index contributed by atoms with van der Waals surface area (Å²) in [5.41, 5.74) is 6.26. The average molecular weight is 274 g/mol. The van der Waals surface area contributed by atoms with E-state index >= 15 is 0 Å². The highest BCUT2D eigenvalue weighted by Gasteiger charge is 2.06. The fourth-order valence-electron chi connectivity index (χ4n) is 1.58. The maximum Gasteiger partial charge on any atom is 0.274 e. The molecule has 0 amide bonds. The van der Waals surface area contributed by atoms with Gasteiger partial charge < -0.3 is 15.8 Å². The maximum atomic E-state index is 10.6. The van der Waals surface area contributed by atoms with E-state index in [1.165, 1.54) is 18.3 Å². The summed E-state index contributed by atoms with van der Waals surface area (Å²) in [5, 5.41) is 13.6. The number of hydrogen-bond acceptors (Lipinski definition) is 6. The van der Waals surface area contributed by atoms with Crippen molar-refractivity contribution in [1.82, 2.24) is 4.98 Å². The zero-order valence-corrected chi connectivity index (χ0v) is 10.7. The number of nitrogens with two attached hydrogens (primary N) is 1. The first-order valence-corrected chi connectivity index (χ1v) is 5.98. The van der Waals surface area contributed by atoms with Gasteiger partial charge in [0.15, 0.2) is 0 Å². The van der Waals surface area contributed by atoms with Crippen molar-refractivity contribution in [3.63, 3.8) is 0 Å². The first-order chi connectivity index (χ1) is 9.65. The summed E-state index contributed by atoms with van der Waals surface area (Å²) in [7, 11) is 0. The van der Waals surface area contributed by atoms with Crippen LogP contribution in [0, 0.1) is 10.1 Å². The number of nitro groups is 1. The lowest BCUT2D eigenvalue weighted by Crippen LogP contribution is -2.12. The van der Waals surface area contributed by atoms with Gasteiger partial charge in [-0.15, -0.1) is 0 Å². The number of pyridine rings is 1. The van der Waals surface area contributed by atoms with E-state index in [2.05, 4.69) is 10.3 Å². The van der Waals surface area contributed by atoms with Crippen LogP contribution in [0.2, 0.25) is 0 Å². The smallest absolute Gasteiger partial charge is 0.274 e. The fourth-order valence-corrected chi connectivity index (χ4v) is 1.58. The second-order valence-corrected chi connectivity index (χ2v) is 4.00. The highest BCUT2D eigenvalue weighted by Crippen LogP contribution is 2.15. The minimum Gasteiger partial charge on any atom is -0.492 e. The molecule has 0 atom stereocenters. The van der Waals surface area contributed by atoms with E-state index in [4.69, 9.17) is 10.5 Å². The van der Waals surface area contributed by atoms with Crippen LogP contribution in [0.25, 0.3) is 0 Å². The molecule has 2 rings (SSSR count). The molecular weight excluding hydrogens is 260 g/mol. The van der Waals surface area contributed by atoms with Crippen LogP contribution >= 0.6 is 0 Å². The molecule has 0 saturated carbocycles. The second-order valence-electron chi connectivity index (χ2n) is 4.00. The number of aromatic nitrogens is 1. The number of nitrogens with zero attached hydrogens (tertiary/aromatic N) is 2. The van der Waals surface area contributed by atoms with E-state index in [9.17, 15) is 10.1 Å². The van der Waals surface area contributed by atoms with E-state index in [0.29, 0.717) is 30.4 Å². The van der Waals surface area contributed by atoms with Crippen molar-refractivity contribution in [3.05, 3.63) is 52.7 Å². The van der Waals surface area contributed by atoms with E-state index < -0.39 is 4.92 Å². The molecule has 20 heavy (non-hydrogen) atoms. The standard InChI is InChI=1S/C13H14N4O3/c14-10-2-1-3-12(8-10)20-7-6-16-13-9-11(17(18)19)4-5-15-13/h1-5,8-9H,6-7,14H2,(H,15,16). The van der Waals surface area contributed by atoms with Gasteiger partial charge in [-0.3, -0.25) is 10.1 Å². The minimum atomic E-state index is -0.462. The molecular formula is C13H14N4O3. The molecule has 0 radical (unpaired) electrons. The molecule has 0 aliphatic heterocycles. The SMILES string of the molecule is Nc1cccc(OCCNc2cc([N+](=O)[O-])ccn2)c1. The highest BCUT2D eigenvalue weighted by atomic mass is 16.6. The van der Waals surface area contributed by atoms with Crippen LogP contribution in [-0.4, -0.2) is 23.1 Å². The van der Waals surface area contributed by atoms with Gasteiger partial charge in [-0.1, -0.05) is 6.07 Å². The number of nitrogen functional groups attached to an aromatic ring is 1. The molecule has 1 aromatic carbocycles. The van der Waals surface area contributed by atoms with Crippen molar-refractivity contribution < 1.29 is 9.66 Å². The molecule has 7 nitrogen and oxygen atoms in total. The van der Waals surface area contributed by atoms with Gasteiger partial charge in [-0.25, -0.2) is 4.98 Å². The molecule has 3 N–H and O–H groups in total. The average Bonchev–Trinajstić information content (AvgIpc) is 2.44. The summed E-state index contributed by atoms with van der Waals surface area (Å²) < 4.78 is 5.48. The van der Waals surface area contributed by atoms with Crippen LogP contribution in [0.3, 0.4) is 0 Å². The largest absolute Gasteiger partial charge is 0.492 e. The third-order valence-corrected chi connectivity index (χ3v) is 2.49. The quantitative estimate of drug-likeness (QED) is 0.361. The molecule has 7 heteroatoms. The first kappa shape index (κ1) is 13.6. The lowest BCUT2D eigenvalue weighted by molar-refractivity contribution is -0.384. The third kappa shape index (κ3) is 3.84. The Bertz CT molecular complexity index is 604. The number of hydrogen-bond donors (Lipinski definition) is 2. The molecule has 0 saturated heterocycles. The highest BCUT2D eigenvalue weighted by molar-refractivity contribution is 5.44. The first-order valence-electron chi connectivity index (χ1n) is 5.98. The Hall–Kier alpha value is -2.83. The Labute approximate surface area is 115 Å². The van der Waals surface area contributed by atoms with Crippen LogP contribution in [0.1, 0.15) is 0 Å². The Balaban J connectivity index is 1.81. The zero-order valence-electron chi connectivity index (χ0n) is 10.7. The van der Waals surface area contributed by atoms with E-state index in [-0.39, 0.29) is 5.69 Å². The van der Waals surface area contributed by atoms with Crippen molar-refractivity contribution in [2.45, 2.75) is 0 Å². The second kappa shape index (κ2) is 6.37. The molecule has 0 spiro atoms. The van der Waals surface area contributed by atoms with Gasteiger partial charge in [-0.2, -0.15) is 0 Å². The van der Waals surface area contributed by atoms with Crippen molar-refractivity contribution in [1.29, 1.82) is 0 Å². The van der Waals surface area contributed by atoms with E-state index in [1.54, 1.807) is 18.2 Å². The molecule has 2 aromatic rings. The summed E-state index contributed by atoms with van der Waals surface area (Å²) in [6.07, 6.45) is 1.39. The van der Waals surface area contributed by atoms with Gasteiger partial charge in [0.25, 0.3) is 5.69 Å². The fraction of sp³-hybridized carbons (Fsp3) is 0.154. The van der Waals surface area contributed by atoms with Crippen LogP contribution < -0.4 is 15.8 Å². The lowest BCUT2D eigenvalue weighted by atomic mass is 10.3. The lowest BCUT2D eigenvalue weighted by Gasteiger charge is -2.08. The minimum absolute atomic E-state index is 0.000693. The Morgan fingerprint density at radius 3 is 2.95 bits per heavy atom. The van der Waals surface area contributed by atoms with Crippen molar-refractivity contribution in [2.24, 2.45) is 0 Å². The van der Waals surface area contributed by atoms with Gasteiger partial charge in [0, 0.05) is 24.0 Å². The van der Waals surface area contributed by atoms with Gasteiger partial charge in [0.05, 0.1) is 17.5 Å². The normalized spacial score (nSPS) is 10.0. The van der Waals surface area contributed by atoms with Gasteiger partial charge in [0.2, 0.25) is 0 Å². The van der Waals surface area contributed by atoms with Crippen molar-refractivity contribution in [3.8, 4) is 5.75 Å². The molecule has 0 fully saturated rings. The number of rotatable bonds is 6. The summed E-state index contributed by atoms with van der Waals surface area (Å²) in [5.74, 6) is 1.12. The van der Waals surface area contributed by atoms with Crippen molar-refractivity contribution >= 4 is 17.2 Å². The topological polar surface area (TPSA) is 103 Å². The number of benzene rings is 1. The predicted molar refractivity (Wildman–Crippen MR) is 75.7 cm³/mol. The van der Waals surface area contributed by atoms with Crippen molar-refractivity contribution in [2.75, 3.05) is 24.2 Å². The van der Waals surface area contributed by atoms with Crippen LogP contribution in [0.5, 0.6) is 5.75 Å². The summed E-state index contributed by atoms with van der Waals surface area (Å²) >= 11 is 0. The van der Waals surface area contributed by atoms with Crippen LogP contribution in [0.15, 0.2) is 42.6 Å². The number of ether oxygens (including phenoxy) is 1. The Morgan fingerprint density at radius 1 is 1.35 bits per heavy atom. The van der Waals surface area contributed by atoms with E-state index in [0.717, 1.165) is 0 Å². The molecule has 0 bridgehead atoms. The van der Waals surface area contributed by atoms with Gasteiger partial charge in [-0.05, 0) is 12.1 Å². The van der Waals surface area contributed by atoms with Crippen LogP contribution in [-0.2, 0) is 0 Å². The Kier molecular flexibility index (Phi) is 4.33. The van der Waals surface area contributed by atoms with Gasteiger partial charge >= 0.3 is 0 Å². The predicted octanol–water partition coefficient (Wildman–Crippen LogP) is 2.06. The molecule has 104 valence electrons. The summed E-state index contributed by atoms with van der Waals surface area (Å²) in [6, 6.07) is 9.83. The monoisotopic (exact) mass is 274 g/mol. The number of anilines is 2. The third-order valence-electron chi connectivity index (χ3n) is 2.49. The number of nitrogens with one attached hydrogen (secondary N) is 1. The molecule has 0 aliphatic carbocycles. The Morgan fingerprint density at radius 2 is 2.20 bits per heavy atom. The molecule has 1 heterocycles. The van der Waals surface area contributed by atoms with Gasteiger partial charge in [0.1, 0.15) is 18.2 Å². The molecule has 0 aliphatic rings. The molecule has 1 aromatic heterocycles. The van der Waals surface area contributed by atoms with Crippen LogP contribution in [0.4, 0.5) is 17.2 Å². The van der Waals surface area contributed by atoms with E-state index in [1.807, 2.05) is 6.07 Å².